The predicted molar refractivity (Wildman–Crippen MR) is 114 cm³/mol. The van der Waals surface area contributed by atoms with E-state index in [2.05, 4.69) is 15.5 Å². The van der Waals surface area contributed by atoms with Crippen molar-refractivity contribution in [2.24, 2.45) is 12.2 Å². The van der Waals surface area contributed by atoms with E-state index in [1.54, 1.807) is 23.7 Å². The van der Waals surface area contributed by atoms with Gasteiger partial charge >= 0.3 is 0 Å². The van der Waals surface area contributed by atoms with E-state index >= 15 is 0 Å². The van der Waals surface area contributed by atoms with Crippen molar-refractivity contribution in [3.63, 3.8) is 0 Å². The third kappa shape index (κ3) is 5.10. The average molecular weight is 490 g/mol. The summed E-state index contributed by atoms with van der Waals surface area (Å²) in [6, 6.07) is 8.00. The molecule has 3 rings (SSSR count). The average Bonchev–Trinajstić information content (AvgIpc) is 3.03. The van der Waals surface area contributed by atoms with Gasteiger partial charge in [-0.05, 0) is 36.4 Å². The lowest BCUT2D eigenvalue weighted by Gasteiger charge is -2.11. The molecule has 13 heteroatoms. The maximum absolute atomic E-state index is 13.1. The number of aromatic nitrogens is 3. The van der Waals surface area contributed by atoms with E-state index < -0.39 is 15.9 Å². The Bertz CT molecular complexity index is 1190. The van der Waals surface area contributed by atoms with Gasteiger partial charge < -0.3 is 9.88 Å². The maximum Gasteiger partial charge on any atom is 0.238 e. The molecule has 0 spiro atoms. The number of nitrogens with two attached hydrogens (primary N) is 1. The van der Waals surface area contributed by atoms with Crippen LogP contribution in [0.25, 0.3) is 11.4 Å². The molecule has 8 nitrogen and oxygen atoms in total. The van der Waals surface area contributed by atoms with Crippen molar-refractivity contribution in [1.82, 2.24) is 14.8 Å². The second-order valence-electron chi connectivity index (χ2n) is 6.02. The first-order valence-electron chi connectivity index (χ1n) is 8.16. The number of anilines is 1. The summed E-state index contributed by atoms with van der Waals surface area (Å²) in [6.45, 7) is 0. The van der Waals surface area contributed by atoms with E-state index in [0.29, 0.717) is 16.5 Å². The summed E-state index contributed by atoms with van der Waals surface area (Å²) in [4.78, 5) is 12.0. The molecule has 2 aromatic carbocycles. The largest absolute Gasteiger partial charge is 0.323 e. The minimum absolute atomic E-state index is 0.0427. The van der Waals surface area contributed by atoms with Crippen LogP contribution in [0.5, 0.6) is 0 Å². The summed E-state index contributed by atoms with van der Waals surface area (Å²) in [6.07, 6.45) is 0. The van der Waals surface area contributed by atoms with Crippen LogP contribution in [0.15, 0.2) is 46.5 Å². The highest BCUT2D eigenvalue weighted by molar-refractivity contribution is 7.99. The van der Waals surface area contributed by atoms with Gasteiger partial charge in [0, 0.05) is 12.6 Å². The molecule has 0 saturated heterocycles. The fourth-order valence-corrected chi connectivity index (χ4v) is 4.42. The lowest BCUT2D eigenvalue weighted by Crippen LogP contribution is -2.16. The van der Waals surface area contributed by atoms with Crippen molar-refractivity contribution in [2.45, 2.75) is 10.1 Å². The van der Waals surface area contributed by atoms with Crippen molar-refractivity contribution < 1.29 is 17.6 Å². The molecule has 0 aliphatic carbocycles. The van der Waals surface area contributed by atoms with Gasteiger partial charge in [0.25, 0.3) is 0 Å². The van der Waals surface area contributed by atoms with Crippen molar-refractivity contribution >= 4 is 56.6 Å². The molecule has 0 saturated carbocycles. The third-order valence-corrected chi connectivity index (χ3v) is 6.39. The van der Waals surface area contributed by atoms with Crippen LogP contribution in [-0.2, 0) is 21.9 Å². The smallest absolute Gasteiger partial charge is 0.238 e. The van der Waals surface area contributed by atoms with Crippen molar-refractivity contribution in [3.05, 3.63) is 52.3 Å². The Morgan fingerprint density at radius 1 is 1.20 bits per heavy atom. The number of primary sulfonamides is 1. The molecule has 158 valence electrons. The number of hydrogen-bond donors (Lipinski definition) is 2. The molecule has 1 aromatic heterocycles. The second-order valence-corrected chi connectivity index (χ2v) is 9.33. The number of hydrogen-bond acceptors (Lipinski definition) is 6. The maximum atomic E-state index is 13.1. The standard InChI is InChI=1S/C17H14Cl2FN5O3S2/c1-25-16(9-2-4-10(20)5-3-9)23-24-17(25)29-8-14(26)22-15-12(18)6-11(7-13(15)19)30(21,27)28/h2-7H,8H2,1H3,(H,22,26)(H2,21,27,28). The molecule has 0 radical (unpaired) electrons. The number of halogens is 3. The van der Waals surface area contributed by atoms with Crippen molar-refractivity contribution in [1.29, 1.82) is 0 Å². The Labute approximate surface area is 185 Å². The summed E-state index contributed by atoms with van der Waals surface area (Å²) < 4.78 is 37.6. The zero-order valence-electron chi connectivity index (χ0n) is 15.3. The Morgan fingerprint density at radius 3 is 2.37 bits per heavy atom. The summed E-state index contributed by atoms with van der Waals surface area (Å²) in [5.41, 5.74) is 0.748. The summed E-state index contributed by atoms with van der Waals surface area (Å²) in [7, 11) is -2.27. The fraction of sp³-hybridized carbons (Fsp3) is 0.118. The van der Waals surface area contributed by atoms with Crippen LogP contribution >= 0.6 is 35.0 Å². The van der Waals surface area contributed by atoms with Crippen LogP contribution in [0.2, 0.25) is 10.0 Å². The van der Waals surface area contributed by atoms with E-state index in [9.17, 15) is 17.6 Å². The summed E-state index contributed by atoms with van der Waals surface area (Å²) >= 11 is 13.2. The molecule has 3 N–H and O–H groups in total. The van der Waals surface area contributed by atoms with Crippen LogP contribution in [0.4, 0.5) is 10.1 Å². The summed E-state index contributed by atoms with van der Waals surface area (Å²) in [5.74, 6) is -0.332. The lowest BCUT2D eigenvalue weighted by atomic mass is 10.2. The van der Waals surface area contributed by atoms with Crippen LogP contribution in [-0.4, -0.2) is 34.8 Å². The second kappa shape index (κ2) is 8.90. The van der Waals surface area contributed by atoms with Crippen LogP contribution in [0, 0.1) is 5.82 Å². The van der Waals surface area contributed by atoms with E-state index in [1.807, 2.05) is 0 Å². The van der Waals surface area contributed by atoms with Gasteiger partial charge in [-0.1, -0.05) is 35.0 Å². The highest BCUT2D eigenvalue weighted by Gasteiger charge is 2.18. The van der Waals surface area contributed by atoms with Crippen molar-refractivity contribution in [2.75, 3.05) is 11.1 Å². The minimum atomic E-state index is -3.99. The molecule has 0 unspecified atom stereocenters. The van der Waals surface area contributed by atoms with Crippen LogP contribution in [0.3, 0.4) is 0 Å². The minimum Gasteiger partial charge on any atom is -0.323 e. The number of nitrogens with one attached hydrogen (secondary N) is 1. The number of amides is 1. The van der Waals surface area contributed by atoms with E-state index in [0.717, 1.165) is 23.9 Å². The van der Waals surface area contributed by atoms with Crippen molar-refractivity contribution in [3.8, 4) is 11.4 Å². The van der Waals surface area contributed by atoms with Gasteiger partial charge in [0.2, 0.25) is 15.9 Å². The highest BCUT2D eigenvalue weighted by Crippen LogP contribution is 2.33. The van der Waals surface area contributed by atoms with Gasteiger partial charge in [0.05, 0.1) is 26.4 Å². The van der Waals surface area contributed by atoms with E-state index in [1.165, 1.54) is 12.1 Å². The van der Waals surface area contributed by atoms with Gasteiger partial charge in [0.1, 0.15) is 5.82 Å². The Morgan fingerprint density at radius 2 is 1.80 bits per heavy atom. The molecular formula is C17H14Cl2FN5O3S2. The van der Waals surface area contributed by atoms with E-state index in [4.69, 9.17) is 28.3 Å². The number of nitrogens with zero attached hydrogens (tertiary/aromatic N) is 3. The number of sulfonamides is 1. The van der Waals surface area contributed by atoms with Crippen LogP contribution < -0.4 is 10.5 Å². The zero-order chi connectivity index (χ0) is 22.1. The number of thioether (sulfide) groups is 1. The van der Waals surface area contributed by atoms with Gasteiger partial charge in [-0.3, -0.25) is 4.79 Å². The first-order chi connectivity index (χ1) is 14.1. The zero-order valence-corrected chi connectivity index (χ0v) is 18.4. The molecule has 0 aliphatic heterocycles. The number of carbonyl (C=O) groups is 1. The molecule has 0 fully saturated rings. The van der Waals surface area contributed by atoms with Gasteiger partial charge in [0.15, 0.2) is 11.0 Å². The quantitative estimate of drug-likeness (QED) is 0.512. The molecular weight excluding hydrogens is 476 g/mol. The topological polar surface area (TPSA) is 120 Å². The molecule has 3 aromatic rings. The molecule has 0 aliphatic rings. The monoisotopic (exact) mass is 489 g/mol. The third-order valence-electron chi connectivity index (χ3n) is 3.88. The first kappa shape index (κ1) is 22.5. The fourth-order valence-electron chi connectivity index (χ4n) is 2.43. The SMILES string of the molecule is Cn1c(SCC(=O)Nc2c(Cl)cc(S(N)(=O)=O)cc2Cl)nnc1-c1ccc(F)cc1. The Kier molecular flexibility index (Phi) is 6.68. The molecule has 0 bridgehead atoms. The number of carbonyl (C=O) groups excluding carboxylic acids is 1. The lowest BCUT2D eigenvalue weighted by molar-refractivity contribution is -0.113. The van der Waals surface area contributed by atoms with E-state index in [-0.39, 0.29) is 32.2 Å². The number of benzene rings is 2. The van der Waals surface area contributed by atoms with Gasteiger partial charge in [-0.25, -0.2) is 17.9 Å². The molecule has 1 amide bonds. The Hall–Kier alpha value is -2.18. The molecule has 0 atom stereocenters. The first-order valence-corrected chi connectivity index (χ1v) is 11.4. The molecule has 30 heavy (non-hydrogen) atoms. The molecule has 1 heterocycles. The normalized spacial score (nSPS) is 11.5. The van der Waals surface area contributed by atoms with Gasteiger partial charge in [-0.2, -0.15) is 0 Å². The summed E-state index contributed by atoms with van der Waals surface area (Å²) in [5, 5.41) is 16.0. The predicted octanol–water partition coefficient (Wildman–Crippen LogP) is 3.31. The highest BCUT2D eigenvalue weighted by atomic mass is 35.5. The van der Waals surface area contributed by atoms with Crippen LogP contribution in [0.1, 0.15) is 0 Å². The van der Waals surface area contributed by atoms with Gasteiger partial charge in [-0.15, -0.1) is 10.2 Å². The Balaban J connectivity index is 1.69. The number of rotatable bonds is 6.